The number of non-ortho nitro benzene ring substituents is 2. The Hall–Kier alpha value is -3.15. The first-order chi connectivity index (χ1) is 14.3. The van der Waals surface area contributed by atoms with Crippen LogP contribution in [-0.2, 0) is 0 Å². The predicted octanol–water partition coefficient (Wildman–Crippen LogP) is 4.13. The second-order valence-corrected chi connectivity index (χ2v) is 7.84. The zero-order valence-corrected chi connectivity index (χ0v) is 18.4. The van der Waals surface area contributed by atoms with Crippen LogP contribution < -0.4 is 4.90 Å². The van der Waals surface area contributed by atoms with Gasteiger partial charge in [-0.3, -0.25) is 29.9 Å². The number of fused-ring (bicyclic) bond motifs is 1. The predicted molar refractivity (Wildman–Crippen MR) is 121 cm³/mol. The van der Waals surface area contributed by atoms with E-state index in [1.165, 1.54) is 16.2 Å². The van der Waals surface area contributed by atoms with Crippen LogP contribution >= 0.6 is 23.7 Å². The summed E-state index contributed by atoms with van der Waals surface area (Å²) in [5.74, 6) is -0.570. The quantitative estimate of drug-likeness (QED) is 0.362. The van der Waals surface area contributed by atoms with Crippen molar-refractivity contribution in [3.63, 3.8) is 0 Å². The average Bonchev–Trinajstić information content (AvgIpc) is 3.13. The number of hydrogen-bond donors (Lipinski definition) is 0. The van der Waals surface area contributed by atoms with Crippen LogP contribution in [0.1, 0.15) is 16.8 Å². The highest BCUT2D eigenvalue weighted by Crippen LogP contribution is 2.31. The Morgan fingerprint density at radius 2 is 1.65 bits per heavy atom. The van der Waals surface area contributed by atoms with Crippen LogP contribution in [0, 0.1) is 20.2 Å². The average molecular weight is 466 g/mol. The molecule has 0 unspecified atom stereocenters. The lowest BCUT2D eigenvalue weighted by Gasteiger charge is -2.21. The number of nitrogens with zero attached hydrogens (tertiary/aromatic N) is 5. The molecule has 0 saturated carbocycles. The zero-order chi connectivity index (χ0) is 21.8. The number of benzene rings is 2. The van der Waals surface area contributed by atoms with Gasteiger partial charge >= 0.3 is 0 Å². The third-order valence-electron chi connectivity index (χ3n) is 4.32. The van der Waals surface area contributed by atoms with E-state index < -0.39 is 27.1 Å². The molecule has 0 saturated heterocycles. The normalized spacial score (nSPS) is 10.7. The summed E-state index contributed by atoms with van der Waals surface area (Å²) in [4.78, 5) is 42.1. The Morgan fingerprint density at radius 1 is 1.03 bits per heavy atom. The summed E-state index contributed by atoms with van der Waals surface area (Å²) in [5.41, 5.74) is -0.414. The molecule has 3 aromatic rings. The van der Waals surface area contributed by atoms with Crippen molar-refractivity contribution in [1.29, 1.82) is 0 Å². The molecule has 0 aliphatic carbocycles. The summed E-state index contributed by atoms with van der Waals surface area (Å²) in [7, 11) is 3.82. The Morgan fingerprint density at radius 3 is 2.19 bits per heavy atom. The first kappa shape index (κ1) is 24.1. The Labute approximate surface area is 187 Å². The summed E-state index contributed by atoms with van der Waals surface area (Å²) < 4.78 is 0.892. The number of aromatic nitrogens is 1. The number of nitro groups is 2. The number of halogens is 1. The number of anilines is 1. The molecule has 3 rings (SSSR count). The minimum Gasteiger partial charge on any atom is -0.309 e. The van der Waals surface area contributed by atoms with Gasteiger partial charge in [-0.15, -0.1) is 12.4 Å². The van der Waals surface area contributed by atoms with Crippen LogP contribution in [0.15, 0.2) is 42.5 Å². The van der Waals surface area contributed by atoms with Gasteiger partial charge < -0.3 is 4.90 Å². The van der Waals surface area contributed by atoms with E-state index in [2.05, 4.69) is 4.98 Å². The molecule has 0 radical (unpaired) electrons. The molecule has 2 aromatic carbocycles. The van der Waals surface area contributed by atoms with Gasteiger partial charge in [0.25, 0.3) is 17.3 Å². The fraction of sp³-hybridized carbons (Fsp3) is 0.263. The molecular formula is C19H20ClN5O5S. The number of carbonyl (C=O) groups is 1. The number of para-hydroxylation sites is 1. The minimum absolute atomic E-state index is 0. The Balaban J connectivity index is 0.00000341. The maximum Gasteiger partial charge on any atom is 0.277 e. The molecule has 164 valence electrons. The fourth-order valence-electron chi connectivity index (χ4n) is 2.89. The van der Waals surface area contributed by atoms with Crippen molar-refractivity contribution in [2.75, 3.05) is 32.1 Å². The van der Waals surface area contributed by atoms with Gasteiger partial charge in [-0.2, -0.15) is 0 Å². The molecule has 1 heterocycles. The maximum absolute atomic E-state index is 13.3. The molecule has 1 amide bonds. The van der Waals surface area contributed by atoms with E-state index in [0.29, 0.717) is 24.6 Å². The van der Waals surface area contributed by atoms with Crippen LogP contribution in [0.3, 0.4) is 0 Å². The lowest BCUT2D eigenvalue weighted by Crippen LogP contribution is -2.33. The number of nitro benzene ring substituents is 2. The van der Waals surface area contributed by atoms with Crippen LogP contribution in [0.4, 0.5) is 16.5 Å². The van der Waals surface area contributed by atoms with Gasteiger partial charge in [0.15, 0.2) is 5.13 Å². The lowest BCUT2D eigenvalue weighted by atomic mass is 10.1. The lowest BCUT2D eigenvalue weighted by molar-refractivity contribution is -0.394. The molecule has 0 aliphatic heterocycles. The molecule has 0 spiro atoms. The van der Waals surface area contributed by atoms with Gasteiger partial charge in [0.2, 0.25) is 0 Å². The molecule has 0 bridgehead atoms. The summed E-state index contributed by atoms with van der Waals surface area (Å²) >= 11 is 1.32. The van der Waals surface area contributed by atoms with Crippen LogP contribution in [0.2, 0.25) is 0 Å². The van der Waals surface area contributed by atoms with Crippen molar-refractivity contribution in [3.05, 3.63) is 68.3 Å². The number of hydrogen-bond acceptors (Lipinski definition) is 8. The first-order valence-corrected chi connectivity index (χ1v) is 9.84. The molecule has 0 aliphatic rings. The number of amides is 1. The van der Waals surface area contributed by atoms with Crippen LogP contribution in [0.5, 0.6) is 0 Å². The second-order valence-electron chi connectivity index (χ2n) is 6.83. The van der Waals surface area contributed by atoms with Crippen molar-refractivity contribution < 1.29 is 14.6 Å². The summed E-state index contributed by atoms with van der Waals surface area (Å²) in [5, 5.41) is 22.8. The molecule has 12 heteroatoms. The van der Waals surface area contributed by atoms with Crippen molar-refractivity contribution in [1.82, 2.24) is 9.88 Å². The monoisotopic (exact) mass is 465 g/mol. The molecule has 0 atom stereocenters. The first-order valence-electron chi connectivity index (χ1n) is 9.02. The summed E-state index contributed by atoms with van der Waals surface area (Å²) in [6.07, 6.45) is 0.631. The highest BCUT2D eigenvalue weighted by Gasteiger charge is 2.26. The van der Waals surface area contributed by atoms with Crippen molar-refractivity contribution in [3.8, 4) is 0 Å². The van der Waals surface area contributed by atoms with Crippen LogP contribution in [-0.4, -0.2) is 52.8 Å². The Kier molecular flexibility index (Phi) is 7.97. The number of carbonyl (C=O) groups excluding carboxylic acids is 1. The minimum atomic E-state index is -0.752. The smallest absolute Gasteiger partial charge is 0.277 e. The SMILES string of the molecule is CN(C)CCCN(C(=O)c1cc([N+](=O)[O-])cc([N+](=O)[O-])c1)c1nc2ccccc2s1.Cl. The number of thiazole rings is 1. The number of rotatable bonds is 8. The Bertz CT molecular complexity index is 1050. The largest absolute Gasteiger partial charge is 0.309 e. The highest BCUT2D eigenvalue weighted by molar-refractivity contribution is 7.22. The molecule has 10 nitrogen and oxygen atoms in total. The maximum atomic E-state index is 13.3. The highest BCUT2D eigenvalue weighted by atomic mass is 35.5. The van der Waals surface area contributed by atoms with E-state index in [0.717, 1.165) is 28.4 Å². The third-order valence-corrected chi connectivity index (χ3v) is 5.38. The zero-order valence-electron chi connectivity index (χ0n) is 16.8. The van der Waals surface area contributed by atoms with Gasteiger partial charge in [-0.1, -0.05) is 23.5 Å². The summed E-state index contributed by atoms with van der Waals surface area (Å²) in [6.45, 7) is 1.02. The van der Waals surface area contributed by atoms with Crippen molar-refractivity contribution >= 4 is 56.4 Å². The van der Waals surface area contributed by atoms with E-state index in [1.807, 2.05) is 43.3 Å². The standard InChI is InChI=1S/C19H19N5O5S.ClH/c1-21(2)8-5-9-22(19-20-16-6-3-4-7-17(16)30-19)18(25)13-10-14(23(26)27)12-15(11-13)24(28)29;/h3-4,6-7,10-12H,5,8-9H2,1-2H3;1H. The van der Waals surface area contributed by atoms with Crippen LogP contribution in [0.25, 0.3) is 10.2 Å². The molecule has 0 fully saturated rings. The third kappa shape index (κ3) is 5.72. The van der Waals surface area contributed by atoms with Gasteiger partial charge in [0.1, 0.15) is 0 Å². The van der Waals surface area contributed by atoms with E-state index in [-0.39, 0.29) is 18.0 Å². The summed E-state index contributed by atoms with van der Waals surface area (Å²) in [6, 6.07) is 10.4. The molecular weight excluding hydrogens is 446 g/mol. The van der Waals surface area contributed by atoms with E-state index in [1.54, 1.807) is 0 Å². The molecule has 31 heavy (non-hydrogen) atoms. The van der Waals surface area contributed by atoms with Crippen molar-refractivity contribution in [2.24, 2.45) is 0 Å². The van der Waals surface area contributed by atoms with Gasteiger partial charge in [-0.25, -0.2) is 4.98 Å². The molecule has 0 N–H and O–H groups in total. The van der Waals surface area contributed by atoms with E-state index in [4.69, 9.17) is 0 Å². The fourth-order valence-corrected chi connectivity index (χ4v) is 3.88. The van der Waals surface area contributed by atoms with Gasteiger partial charge in [0, 0.05) is 18.7 Å². The topological polar surface area (TPSA) is 123 Å². The van der Waals surface area contributed by atoms with Gasteiger partial charge in [-0.05, 0) is 39.2 Å². The second kappa shape index (κ2) is 10.2. The van der Waals surface area contributed by atoms with Gasteiger partial charge in [0.05, 0.1) is 31.7 Å². The van der Waals surface area contributed by atoms with Crippen molar-refractivity contribution in [2.45, 2.75) is 6.42 Å². The van der Waals surface area contributed by atoms with E-state index in [9.17, 15) is 25.0 Å². The van der Waals surface area contributed by atoms with E-state index >= 15 is 0 Å². The molecule has 1 aromatic heterocycles.